The molecule has 1 saturated heterocycles. The number of carbonyl (C=O) groups is 2. The van der Waals surface area contributed by atoms with Crippen molar-refractivity contribution in [2.75, 3.05) is 31.1 Å². The Kier molecular flexibility index (Phi) is 4.68. The number of Topliss-reactive ketones (excluding diaryl/α,β-unsaturated/α-hetero) is 1. The molecule has 0 atom stereocenters. The van der Waals surface area contributed by atoms with E-state index in [0.717, 1.165) is 5.82 Å². The van der Waals surface area contributed by atoms with Crippen LogP contribution in [-0.4, -0.2) is 63.6 Å². The van der Waals surface area contributed by atoms with Crippen molar-refractivity contribution in [3.8, 4) is 0 Å². The topological polar surface area (TPSA) is 80.6 Å². The first kappa shape index (κ1) is 16.3. The molecule has 1 amide bonds. The molecule has 0 saturated carbocycles. The van der Waals surface area contributed by atoms with Crippen molar-refractivity contribution < 1.29 is 14.3 Å². The second-order valence-electron chi connectivity index (χ2n) is 6.43. The van der Waals surface area contributed by atoms with Crippen LogP contribution < -0.4 is 4.90 Å². The number of aromatic nitrogens is 3. The minimum Gasteiger partial charge on any atom is -0.444 e. The van der Waals surface area contributed by atoms with E-state index in [2.05, 4.69) is 10.3 Å². The molecule has 2 heterocycles. The lowest BCUT2D eigenvalue weighted by Crippen LogP contribution is -2.50. The number of anilines is 1. The number of carbonyl (C=O) groups excluding carboxylic acids is 2. The summed E-state index contributed by atoms with van der Waals surface area (Å²) in [7, 11) is 0. The van der Waals surface area contributed by atoms with Crippen molar-refractivity contribution in [1.82, 2.24) is 19.9 Å². The van der Waals surface area contributed by atoms with E-state index in [0.29, 0.717) is 26.2 Å². The van der Waals surface area contributed by atoms with Crippen LogP contribution in [0.5, 0.6) is 0 Å². The Morgan fingerprint density at radius 2 is 1.86 bits per heavy atom. The molecule has 1 fully saturated rings. The van der Waals surface area contributed by atoms with Gasteiger partial charge in [0.15, 0.2) is 11.6 Å². The normalized spacial score (nSPS) is 15.8. The number of piperazine rings is 1. The van der Waals surface area contributed by atoms with Crippen LogP contribution in [0, 0.1) is 0 Å². The first-order chi connectivity index (χ1) is 10.2. The van der Waals surface area contributed by atoms with Crippen molar-refractivity contribution in [2.45, 2.75) is 39.8 Å². The number of ether oxygens (including phenoxy) is 1. The number of ketones is 1. The molecule has 122 valence electrons. The Morgan fingerprint density at radius 1 is 1.23 bits per heavy atom. The van der Waals surface area contributed by atoms with Gasteiger partial charge in [-0.3, -0.25) is 4.79 Å². The summed E-state index contributed by atoms with van der Waals surface area (Å²) in [6.07, 6.45) is 1.47. The molecule has 1 aliphatic rings. The molecule has 8 heteroatoms. The third-order valence-electron chi connectivity index (χ3n) is 3.17. The first-order valence-corrected chi connectivity index (χ1v) is 7.37. The summed E-state index contributed by atoms with van der Waals surface area (Å²) in [6, 6.07) is 0. The van der Waals surface area contributed by atoms with Gasteiger partial charge in [-0.15, -0.1) is 5.10 Å². The lowest BCUT2D eigenvalue weighted by atomic mass is 10.2. The fourth-order valence-corrected chi connectivity index (χ4v) is 2.18. The summed E-state index contributed by atoms with van der Waals surface area (Å²) >= 11 is 0. The molecule has 0 spiro atoms. The van der Waals surface area contributed by atoms with Crippen LogP contribution in [0.1, 0.15) is 27.7 Å². The van der Waals surface area contributed by atoms with Crippen LogP contribution in [0.15, 0.2) is 6.20 Å². The Bertz CT molecular complexity index is 541. The van der Waals surface area contributed by atoms with Crippen molar-refractivity contribution in [1.29, 1.82) is 0 Å². The van der Waals surface area contributed by atoms with E-state index >= 15 is 0 Å². The predicted octanol–water partition coefficient (Wildman–Crippen LogP) is 0.924. The average Bonchev–Trinajstić information content (AvgIpc) is 2.84. The maximum atomic E-state index is 12.0. The summed E-state index contributed by atoms with van der Waals surface area (Å²) in [6.45, 7) is 9.79. The van der Waals surface area contributed by atoms with E-state index in [4.69, 9.17) is 4.74 Å². The van der Waals surface area contributed by atoms with Crippen molar-refractivity contribution in [2.24, 2.45) is 0 Å². The van der Waals surface area contributed by atoms with Gasteiger partial charge in [0.05, 0.1) is 6.20 Å². The highest BCUT2D eigenvalue weighted by Gasteiger charge is 2.26. The van der Waals surface area contributed by atoms with Gasteiger partial charge in [0.25, 0.3) is 0 Å². The summed E-state index contributed by atoms with van der Waals surface area (Å²) in [4.78, 5) is 26.8. The zero-order valence-corrected chi connectivity index (χ0v) is 13.6. The standard InChI is InChI=1S/C14H23N5O3/c1-11(20)9-19-10-12(15-16-19)17-5-7-18(8-6-17)13(21)22-14(2,3)4/h10H,5-9H2,1-4H3. The lowest BCUT2D eigenvalue weighted by molar-refractivity contribution is -0.117. The van der Waals surface area contributed by atoms with E-state index in [-0.39, 0.29) is 18.4 Å². The highest BCUT2D eigenvalue weighted by molar-refractivity contribution is 5.75. The second kappa shape index (κ2) is 6.33. The molecule has 0 aromatic carbocycles. The van der Waals surface area contributed by atoms with E-state index in [1.165, 1.54) is 11.6 Å². The third-order valence-corrected chi connectivity index (χ3v) is 3.17. The Labute approximate surface area is 130 Å². The van der Waals surface area contributed by atoms with Crippen LogP contribution >= 0.6 is 0 Å². The SMILES string of the molecule is CC(=O)Cn1cc(N2CCN(C(=O)OC(C)(C)C)CC2)nn1. The quantitative estimate of drug-likeness (QED) is 0.826. The molecule has 0 unspecified atom stereocenters. The zero-order chi connectivity index (χ0) is 16.3. The van der Waals surface area contributed by atoms with Crippen molar-refractivity contribution >= 4 is 17.7 Å². The molecule has 1 aromatic heterocycles. The summed E-state index contributed by atoms with van der Waals surface area (Å²) in [5.74, 6) is 0.760. The van der Waals surface area contributed by atoms with E-state index in [1.807, 2.05) is 25.7 Å². The molecule has 0 N–H and O–H groups in total. The summed E-state index contributed by atoms with van der Waals surface area (Å²) in [5.41, 5.74) is -0.483. The minimum absolute atomic E-state index is 0.0335. The zero-order valence-electron chi connectivity index (χ0n) is 13.6. The van der Waals surface area contributed by atoms with Gasteiger partial charge in [-0.2, -0.15) is 0 Å². The van der Waals surface area contributed by atoms with Gasteiger partial charge in [0, 0.05) is 26.2 Å². The number of hydrogen-bond donors (Lipinski definition) is 0. The van der Waals surface area contributed by atoms with Gasteiger partial charge < -0.3 is 14.5 Å². The minimum atomic E-state index is -0.483. The van der Waals surface area contributed by atoms with E-state index in [1.54, 1.807) is 11.1 Å². The highest BCUT2D eigenvalue weighted by atomic mass is 16.6. The first-order valence-electron chi connectivity index (χ1n) is 7.37. The molecule has 1 aromatic rings. The Hall–Kier alpha value is -2.12. The molecular weight excluding hydrogens is 286 g/mol. The van der Waals surface area contributed by atoms with Gasteiger partial charge in [-0.05, 0) is 27.7 Å². The van der Waals surface area contributed by atoms with E-state index < -0.39 is 5.60 Å². The van der Waals surface area contributed by atoms with Crippen LogP contribution in [-0.2, 0) is 16.1 Å². The molecule has 0 radical (unpaired) electrons. The fourth-order valence-electron chi connectivity index (χ4n) is 2.18. The van der Waals surface area contributed by atoms with Crippen LogP contribution in [0.4, 0.5) is 10.6 Å². The number of hydrogen-bond acceptors (Lipinski definition) is 6. The molecule has 0 aliphatic carbocycles. The predicted molar refractivity (Wildman–Crippen MR) is 80.7 cm³/mol. The van der Waals surface area contributed by atoms with Crippen molar-refractivity contribution in [3.05, 3.63) is 6.20 Å². The number of rotatable bonds is 3. The second-order valence-corrected chi connectivity index (χ2v) is 6.43. The fraction of sp³-hybridized carbons (Fsp3) is 0.714. The Morgan fingerprint density at radius 3 is 2.41 bits per heavy atom. The molecule has 22 heavy (non-hydrogen) atoms. The summed E-state index contributed by atoms with van der Waals surface area (Å²) < 4.78 is 6.89. The van der Waals surface area contributed by atoms with Gasteiger partial charge in [-0.1, -0.05) is 5.21 Å². The smallest absolute Gasteiger partial charge is 0.410 e. The largest absolute Gasteiger partial charge is 0.444 e. The van der Waals surface area contributed by atoms with Crippen molar-refractivity contribution in [3.63, 3.8) is 0 Å². The molecule has 0 bridgehead atoms. The number of nitrogens with zero attached hydrogens (tertiary/aromatic N) is 5. The summed E-state index contributed by atoms with van der Waals surface area (Å²) in [5, 5.41) is 8.01. The van der Waals surface area contributed by atoms with Crippen LogP contribution in [0.25, 0.3) is 0 Å². The maximum Gasteiger partial charge on any atom is 0.410 e. The average molecular weight is 309 g/mol. The van der Waals surface area contributed by atoms with Gasteiger partial charge in [0.1, 0.15) is 12.1 Å². The van der Waals surface area contributed by atoms with Gasteiger partial charge in [0.2, 0.25) is 0 Å². The maximum absolute atomic E-state index is 12.0. The molecule has 8 nitrogen and oxygen atoms in total. The Balaban J connectivity index is 1.88. The van der Waals surface area contributed by atoms with Crippen LogP contribution in [0.2, 0.25) is 0 Å². The lowest BCUT2D eigenvalue weighted by Gasteiger charge is -2.35. The van der Waals surface area contributed by atoms with Crippen LogP contribution in [0.3, 0.4) is 0 Å². The molecule has 1 aliphatic heterocycles. The third kappa shape index (κ3) is 4.44. The highest BCUT2D eigenvalue weighted by Crippen LogP contribution is 2.15. The van der Waals surface area contributed by atoms with Gasteiger partial charge >= 0.3 is 6.09 Å². The van der Waals surface area contributed by atoms with Gasteiger partial charge in [-0.25, -0.2) is 9.48 Å². The molecular formula is C14H23N5O3. The molecule has 2 rings (SSSR count). The monoisotopic (exact) mass is 309 g/mol. The number of amides is 1. The van der Waals surface area contributed by atoms with E-state index in [9.17, 15) is 9.59 Å².